The van der Waals surface area contributed by atoms with Gasteiger partial charge in [-0.1, -0.05) is 41.5 Å². The largest absolute Gasteiger partial charge is 3.00 e. The summed E-state index contributed by atoms with van der Waals surface area (Å²) in [5.41, 5.74) is 0.126. The summed E-state index contributed by atoms with van der Waals surface area (Å²) in [5.74, 6) is -0.0408. The van der Waals surface area contributed by atoms with Crippen LogP contribution >= 0.6 is 0 Å². The molecule has 1 saturated carbocycles. The molecule has 4 nitrogen and oxygen atoms in total. The molecule has 2 amide bonds. The summed E-state index contributed by atoms with van der Waals surface area (Å²) in [6, 6.07) is 1.12. The zero-order chi connectivity index (χ0) is 17.3. The van der Waals surface area contributed by atoms with Gasteiger partial charge in [-0.15, -0.1) is 6.42 Å². The number of amides is 2. The van der Waals surface area contributed by atoms with Crippen LogP contribution < -0.4 is 10.6 Å². The average Bonchev–Trinajstić information content (AvgIpc) is 2.23. The zero-order valence-corrected chi connectivity index (χ0v) is 19.6. The Bertz CT molecular complexity index is 396. The summed E-state index contributed by atoms with van der Waals surface area (Å²) in [6.45, 7) is 16.7. The first-order chi connectivity index (χ1) is 9.78. The molecule has 1 rings (SSSR count). The first-order valence-electron chi connectivity index (χ1n) is 8.18. The van der Waals surface area contributed by atoms with Gasteiger partial charge in [0, 0.05) is 19.9 Å². The Morgan fingerprint density at radius 2 is 1.40 bits per heavy atom. The van der Waals surface area contributed by atoms with Gasteiger partial charge in [0.15, 0.2) is 5.91 Å². The molecule has 0 spiro atoms. The molecule has 1 atom stereocenters. The van der Waals surface area contributed by atoms with Crippen LogP contribution in [0, 0.1) is 37.1 Å². The van der Waals surface area contributed by atoms with Crippen LogP contribution in [0.2, 0.25) is 0 Å². The second-order valence-electron chi connectivity index (χ2n) is 8.85. The van der Waals surface area contributed by atoms with Crippen molar-refractivity contribution < 1.29 is 31.3 Å². The molecule has 1 unspecified atom stereocenters. The third-order valence-corrected chi connectivity index (χ3v) is 5.23. The second-order valence-corrected chi connectivity index (χ2v) is 8.85. The average molecular weight is 387 g/mol. The van der Waals surface area contributed by atoms with Crippen LogP contribution in [-0.4, -0.2) is 17.9 Å². The van der Waals surface area contributed by atoms with Gasteiger partial charge in [-0.3, -0.25) is 9.59 Å². The van der Waals surface area contributed by atoms with Crippen molar-refractivity contribution in [3.63, 3.8) is 0 Å². The number of carbonyl (C=O) groups excluding carboxylic acids is 2. The van der Waals surface area contributed by atoms with Crippen molar-refractivity contribution in [1.82, 2.24) is 10.6 Å². The number of hydrogen-bond donors (Lipinski definition) is 2. The van der Waals surface area contributed by atoms with Gasteiger partial charge in [0.25, 0.3) is 0 Å². The van der Waals surface area contributed by atoms with Crippen LogP contribution in [0.15, 0.2) is 0 Å². The molecule has 0 heterocycles. The SMILES string of the molecule is CC(=O)N[C-]1CC(NC(C)=O)CC(C(C)(C)C)(C(C)(C)C)C1.[CH3-].[CH3-].[Ti+3]. The molecule has 1 radical (unpaired) electrons. The van der Waals surface area contributed by atoms with Crippen molar-refractivity contribution in [2.45, 2.75) is 80.7 Å². The van der Waals surface area contributed by atoms with Crippen LogP contribution in [-0.2, 0) is 31.3 Å². The molecule has 0 aromatic heterocycles. The normalized spacial score (nSPS) is 20.2. The number of rotatable bonds is 2. The van der Waals surface area contributed by atoms with E-state index in [0.717, 1.165) is 25.3 Å². The van der Waals surface area contributed by atoms with Gasteiger partial charge in [-0.25, -0.2) is 6.04 Å². The summed E-state index contributed by atoms with van der Waals surface area (Å²) < 4.78 is 0. The third kappa shape index (κ3) is 7.05. The Hall–Kier alpha value is -0.346. The van der Waals surface area contributed by atoms with E-state index in [9.17, 15) is 9.59 Å². The van der Waals surface area contributed by atoms with E-state index in [0.29, 0.717) is 0 Å². The fourth-order valence-electron chi connectivity index (χ4n) is 4.30. The van der Waals surface area contributed by atoms with E-state index in [1.165, 1.54) is 0 Å². The Morgan fingerprint density at radius 3 is 1.72 bits per heavy atom. The van der Waals surface area contributed by atoms with Crippen molar-refractivity contribution in [3.05, 3.63) is 20.9 Å². The predicted octanol–water partition coefficient (Wildman–Crippen LogP) is 4.32. The molecule has 0 saturated heterocycles. The van der Waals surface area contributed by atoms with Gasteiger partial charge < -0.3 is 25.5 Å². The number of hydrogen-bond acceptors (Lipinski definition) is 2. The third-order valence-electron chi connectivity index (χ3n) is 5.23. The molecule has 1 aliphatic carbocycles. The van der Waals surface area contributed by atoms with Gasteiger partial charge in [0.05, 0.1) is 0 Å². The van der Waals surface area contributed by atoms with Gasteiger partial charge in [-0.2, -0.15) is 6.42 Å². The van der Waals surface area contributed by atoms with Crippen LogP contribution in [0.4, 0.5) is 0 Å². The Labute approximate surface area is 171 Å². The predicted molar refractivity (Wildman–Crippen MR) is 103 cm³/mol. The molecule has 1 aliphatic rings. The molecule has 0 aromatic rings. The summed E-state index contributed by atoms with van der Waals surface area (Å²) in [4.78, 5) is 23.1. The van der Waals surface area contributed by atoms with E-state index in [2.05, 4.69) is 52.2 Å². The molecule has 5 heteroatoms. The van der Waals surface area contributed by atoms with Crippen molar-refractivity contribution in [2.75, 3.05) is 0 Å². The summed E-state index contributed by atoms with van der Waals surface area (Å²) in [6.07, 6.45) is 2.53. The first-order valence-corrected chi connectivity index (χ1v) is 8.18. The minimum atomic E-state index is -0.0322. The monoisotopic (exact) mass is 387 g/mol. The van der Waals surface area contributed by atoms with Gasteiger partial charge in [0.1, 0.15) is 0 Å². The summed E-state index contributed by atoms with van der Waals surface area (Å²) >= 11 is 0. The van der Waals surface area contributed by atoms with E-state index in [-0.39, 0.29) is 70.7 Å². The Kier molecular flexibility index (Phi) is 11.9. The zero-order valence-electron chi connectivity index (χ0n) is 18.0. The molecule has 0 aromatic carbocycles. The summed E-state index contributed by atoms with van der Waals surface area (Å²) in [5, 5.41) is 6.08. The molecule has 25 heavy (non-hydrogen) atoms. The van der Waals surface area contributed by atoms with Gasteiger partial charge >= 0.3 is 21.7 Å². The fourth-order valence-corrected chi connectivity index (χ4v) is 4.30. The van der Waals surface area contributed by atoms with E-state index < -0.39 is 0 Å². The second kappa shape index (κ2) is 10.1. The molecule has 145 valence electrons. The van der Waals surface area contributed by atoms with Crippen molar-refractivity contribution >= 4 is 11.8 Å². The molecular weight excluding hydrogens is 348 g/mol. The van der Waals surface area contributed by atoms with Gasteiger partial charge in [-0.05, 0) is 22.7 Å². The van der Waals surface area contributed by atoms with E-state index in [4.69, 9.17) is 0 Å². The van der Waals surface area contributed by atoms with Crippen LogP contribution in [0.25, 0.3) is 0 Å². The van der Waals surface area contributed by atoms with E-state index >= 15 is 0 Å². The quantitative estimate of drug-likeness (QED) is 0.548. The van der Waals surface area contributed by atoms with Crippen molar-refractivity contribution in [1.29, 1.82) is 0 Å². The van der Waals surface area contributed by atoms with Gasteiger partial charge in [0.2, 0.25) is 5.91 Å². The maximum absolute atomic E-state index is 11.5. The molecular formula is C20H39N2O2Ti. The topological polar surface area (TPSA) is 58.2 Å². The van der Waals surface area contributed by atoms with Crippen LogP contribution in [0.3, 0.4) is 0 Å². The minimum Gasteiger partial charge on any atom is -0.503 e. The molecule has 0 bridgehead atoms. The van der Waals surface area contributed by atoms with Crippen molar-refractivity contribution in [3.8, 4) is 0 Å². The Morgan fingerprint density at radius 1 is 0.960 bits per heavy atom. The Balaban J connectivity index is -0.00000161. The van der Waals surface area contributed by atoms with Crippen LogP contribution in [0.5, 0.6) is 0 Å². The number of nitrogens with one attached hydrogen (secondary N) is 2. The minimum absolute atomic E-state index is 0. The van der Waals surface area contributed by atoms with Crippen molar-refractivity contribution in [2.24, 2.45) is 16.2 Å². The fraction of sp³-hybridized carbons (Fsp3) is 0.750. The molecule has 0 aliphatic heterocycles. The first kappa shape index (κ1) is 29.4. The van der Waals surface area contributed by atoms with E-state index in [1.807, 2.05) is 0 Å². The maximum atomic E-state index is 11.5. The van der Waals surface area contributed by atoms with E-state index in [1.54, 1.807) is 13.8 Å². The molecule has 1 fully saturated rings. The maximum Gasteiger partial charge on any atom is 3.00 e. The molecule has 2 N–H and O–H groups in total. The summed E-state index contributed by atoms with van der Waals surface area (Å²) in [7, 11) is 0. The number of carbonyl (C=O) groups is 2. The van der Waals surface area contributed by atoms with Crippen LogP contribution in [0.1, 0.15) is 74.7 Å². The smallest absolute Gasteiger partial charge is 0.503 e. The standard InChI is InChI=1S/C18H33N2O2.2CH3.Ti/c1-12(21)19-14-9-15(20-13(2)22)11-18(10-14,16(3,4)5)17(6,7)8;;;/h14H,9-11H2,1-8H3,(H,19,21)(H,20,22);2*1H3;/q3*-1;+3.